The Morgan fingerprint density at radius 3 is 2.52 bits per heavy atom. The molecule has 0 bridgehead atoms. The Labute approximate surface area is 136 Å². The zero-order chi connectivity index (χ0) is 16.2. The van der Waals surface area contributed by atoms with Crippen LogP contribution < -0.4 is 0 Å². The Bertz CT molecular complexity index is 580. The number of nitrogens with zero attached hydrogens (tertiary/aromatic N) is 1. The minimum Gasteiger partial charge on any atom is -0.481 e. The van der Waals surface area contributed by atoms with Crippen LogP contribution in [0.5, 0.6) is 0 Å². The standard InChI is InChI=1S/C18H23NO4/c20-17(21)11-15-10-13-6-4-5-7-14(13)12-19(15)18(22)23-16-8-2-1-3-9-16/h4-7,15-16H,1-3,8-12H2,(H,20,21)/t15-/m0/s1. The van der Waals surface area contributed by atoms with Gasteiger partial charge in [-0.15, -0.1) is 0 Å². The molecule has 1 aromatic rings. The van der Waals surface area contributed by atoms with Crippen LogP contribution >= 0.6 is 0 Å². The third-order valence-corrected chi connectivity index (χ3v) is 4.82. The van der Waals surface area contributed by atoms with E-state index in [1.165, 1.54) is 6.42 Å². The van der Waals surface area contributed by atoms with Gasteiger partial charge in [0.15, 0.2) is 0 Å². The smallest absolute Gasteiger partial charge is 0.410 e. The van der Waals surface area contributed by atoms with Crippen LogP contribution in [0, 0.1) is 0 Å². The maximum atomic E-state index is 12.6. The van der Waals surface area contributed by atoms with Gasteiger partial charge >= 0.3 is 12.1 Å². The minimum atomic E-state index is -0.884. The molecule has 1 fully saturated rings. The SMILES string of the molecule is O=C(O)C[C@@H]1Cc2ccccc2CN1C(=O)OC1CCCCC1. The van der Waals surface area contributed by atoms with E-state index in [0.29, 0.717) is 13.0 Å². The summed E-state index contributed by atoms with van der Waals surface area (Å²) in [4.78, 5) is 25.3. The van der Waals surface area contributed by atoms with Crippen LogP contribution in [0.2, 0.25) is 0 Å². The molecule has 124 valence electrons. The molecule has 5 nitrogen and oxygen atoms in total. The van der Waals surface area contributed by atoms with Gasteiger partial charge in [-0.3, -0.25) is 9.69 Å². The Morgan fingerprint density at radius 1 is 1.13 bits per heavy atom. The summed E-state index contributed by atoms with van der Waals surface area (Å²) in [6, 6.07) is 7.56. The number of benzene rings is 1. The highest BCUT2D eigenvalue weighted by molar-refractivity contribution is 5.72. The van der Waals surface area contributed by atoms with E-state index in [1.807, 2.05) is 24.3 Å². The van der Waals surface area contributed by atoms with Gasteiger partial charge in [-0.1, -0.05) is 30.7 Å². The first kappa shape index (κ1) is 15.8. The molecule has 1 saturated carbocycles. The van der Waals surface area contributed by atoms with Crippen molar-refractivity contribution in [1.82, 2.24) is 4.90 Å². The van der Waals surface area contributed by atoms with Crippen molar-refractivity contribution in [3.8, 4) is 0 Å². The minimum absolute atomic E-state index is 0.0149. The van der Waals surface area contributed by atoms with E-state index < -0.39 is 5.97 Å². The number of carboxylic acid groups (broad SMARTS) is 1. The molecule has 1 amide bonds. The lowest BCUT2D eigenvalue weighted by Gasteiger charge is -2.36. The maximum absolute atomic E-state index is 12.6. The van der Waals surface area contributed by atoms with E-state index in [2.05, 4.69) is 0 Å². The summed E-state index contributed by atoms with van der Waals surface area (Å²) in [7, 11) is 0. The molecule has 3 rings (SSSR count). The van der Waals surface area contributed by atoms with Gasteiger partial charge in [0.2, 0.25) is 0 Å². The second-order valence-corrected chi connectivity index (χ2v) is 6.50. The zero-order valence-corrected chi connectivity index (χ0v) is 13.2. The first-order valence-electron chi connectivity index (χ1n) is 8.39. The number of carboxylic acids is 1. The van der Waals surface area contributed by atoms with E-state index in [9.17, 15) is 9.59 Å². The molecule has 0 radical (unpaired) electrons. The van der Waals surface area contributed by atoms with Gasteiger partial charge in [0, 0.05) is 12.6 Å². The molecule has 1 aliphatic carbocycles. The van der Waals surface area contributed by atoms with Crippen LogP contribution in [0.15, 0.2) is 24.3 Å². The highest BCUT2D eigenvalue weighted by Gasteiger charge is 2.33. The second kappa shape index (κ2) is 7.02. The largest absolute Gasteiger partial charge is 0.481 e. The van der Waals surface area contributed by atoms with Crippen LogP contribution in [0.25, 0.3) is 0 Å². The van der Waals surface area contributed by atoms with Crippen molar-refractivity contribution >= 4 is 12.1 Å². The molecule has 0 saturated heterocycles. The van der Waals surface area contributed by atoms with E-state index >= 15 is 0 Å². The average molecular weight is 317 g/mol. The summed E-state index contributed by atoms with van der Waals surface area (Å²) in [5.74, 6) is -0.884. The summed E-state index contributed by atoms with van der Waals surface area (Å²) in [5, 5.41) is 9.16. The molecule has 0 spiro atoms. The number of carbonyl (C=O) groups excluding carboxylic acids is 1. The molecular formula is C18H23NO4. The highest BCUT2D eigenvalue weighted by atomic mass is 16.6. The summed E-state index contributed by atoms with van der Waals surface area (Å²) < 4.78 is 5.65. The van der Waals surface area contributed by atoms with Gasteiger partial charge in [-0.05, 0) is 43.2 Å². The Hall–Kier alpha value is -2.04. The summed E-state index contributed by atoms with van der Waals surface area (Å²) >= 11 is 0. The van der Waals surface area contributed by atoms with Crippen molar-refractivity contribution < 1.29 is 19.4 Å². The maximum Gasteiger partial charge on any atom is 0.410 e. The number of hydrogen-bond donors (Lipinski definition) is 1. The molecule has 1 N–H and O–H groups in total. The van der Waals surface area contributed by atoms with Gasteiger partial charge in [-0.25, -0.2) is 4.79 Å². The molecule has 1 atom stereocenters. The molecule has 0 unspecified atom stereocenters. The van der Waals surface area contributed by atoms with E-state index in [0.717, 1.165) is 36.8 Å². The summed E-state index contributed by atoms with van der Waals surface area (Å²) in [5.41, 5.74) is 2.20. The molecular weight excluding hydrogens is 294 g/mol. The van der Waals surface area contributed by atoms with Crippen molar-refractivity contribution in [1.29, 1.82) is 0 Å². The number of ether oxygens (including phenoxy) is 1. The van der Waals surface area contributed by atoms with Crippen LogP contribution in [0.1, 0.15) is 49.7 Å². The highest BCUT2D eigenvalue weighted by Crippen LogP contribution is 2.27. The summed E-state index contributed by atoms with van der Waals surface area (Å²) in [6.07, 6.45) is 5.37. The molecule has 23 heavy (non-hydrogen) atoms. The third kappa shape index (κ3) is 3.84. The number of fused-ring (bicyclic) bond motifs is 1. The number of amides is 1. The fourth-order valence-corrected chi connectivity index (χ4v) is 3.58. The van der Waals surface area contributed by atoms with Crippen LogP contribution in [-0.4, -0.2) is 34.2 Å². The zero-order valence-electron chi connectivity index (χ0n) is 13.2. The number of carbonyl (C=O) groups is 2. The van der Waals surface area contributed by atoms with Gasteiger partial charge < -0.3 is 9.84 Å². The van der Waals surface area contributed by atoms with Gasteiger partial charge in [0.25, 0.3) is 0 Å². The van der Waals surface area contributed by atoms with Crippen molar-refractivity contribution in [2.45, 2.75) is 63.6 Å². The summed E-state index contributed by atoms with van der Waals surface area (Å²) in [6.45, 7) is 0.430. The Balaban J connectivity index is 1.73. The van der Waals surface area contributed by atoms with Crippen molar-refractivity contribution in [3.63, 3.8) is 0 Å². The van der Waals surface area contributed by atoms with Crippen molar-refractivity contribution in [2.24, 2.45) is 0 Å². The lowest BCUT2D eigenvalue weighted by molar-refractivity contribution is -0.138. The van der Waals surface area contributed by atoms with Gasteiger partial charge in [-0.2, -0.15) is 0 Å². The molecule has 1 heterocycles. The lowest BCUT2D eigenvalue weighted by Crippen LogP contribution is -2.46. The first-order chi connectivity index (χ1) is 11.1. The van der Waals surface area contributed by atoms with Crippen LogP contribution in [-0.2, 0) is 22.5 Å². The monoisotopic (exact) mass is 317 g/mol. The van der Waals surface area contributed by atoms with Gasteiger partial charge in [0.1, 0.15) is 6.10 Å². The molecule has 5 heteroatoms. The fourth-order valence-electron chi connectivity index (χ4n) is 3.58. The van der Waals surface area contributed by atoms with E-state index in [4.69, 9.17) is 9.84 Å². The fraction of sp³-hybridized carbons (Fsp3) is 0.556. The van der Waals surface area contributed by atoms with Crippen LogP contribution in [0.3, 0.4) is 0 Å². The van der Waals surface area contributed by atoms with Crippen LogP contribution in [0.4, 0.5) is 4.79 Å². The van der Waals surface area contributed by atoms with Crippen molar-refractivity contribution in [3.05, 3.63) is 35.4 Å². The normalized spacial score (nSPS) is 21.6. The molecule has 1 aromatic carbocycles. The first-order valence-corrected chi connectivity index (χ1v) is 8.39. The quantitative estimate of drug-likeness (QED) is 0.928. The molecule has 1 aliphatic heterocycles. The predicted molar refractivity (Wildman–Crippen MR) is 85.1 cm³/mol. The Morgan fingerprint density at radius 2 is 1.83 bits per heavy atom. The lowest BCUT2D eigenvalue weighted by atomic mass is 9.92. The number of hydrogen-bond acceptors (Lipinski definition) is 3. The molecule has 2 aliphatic rings. The Kier molecular flexibility index (Phi) is 4.84. The van der Waals surface area contributed by atoms with E-state index in [1.54, 1.807) is 4.90 Å². The number of rotatable bonds is 3. The van der Waals surface area contributed by atoms with Crippen molar-refractivity contribution in [2.75, 3.05) is 0 Å². The predicted octanol–water partition coefficient (Wildman–Crippen LogP) is 3.36. The molecule has 0 aromatic heterocycles. The number of aliphatic carboxylic acids is 1. The second-order valence-electron chi connectivity index (χ2n) is 6.50. The topological polar surface area (TPSA) is 66.8 Å². The van der Waals surface area contributed by atoms with Gasteiger partial charge in [0.05, 0.1) is 6.42 Å². The van der Waals surface area contributed by atoms with E-state index in [-0.39, 0.29) is 24.7 Å². The third-order valence-electron chi connectivity index (χ3n) is 4.82. The average Bonchev–Trinajstić information content (AvgIpc) is 2.54.